The maximum absolute atomic E-state index is 12.8. The van der Waals surface area contributed by atoms with Crippen LogP contribution in [-0.2, 0) is 10.2 Å². The number of nitrogens with zero attached hydrogens (tertiary/aromatic N) is 2. The molecule has 1 N–H and O–H groups in total. The fourth-order valence-electron chi connectivity index (χ4n) is 3.18. The van der Waals surface area contributed by atoms with Crippen molar-refractivity contribution in [3.63, 3.8) is 0 Å². The summed E-state index contributed by atoms with van der Waals surface area (Å²) in [5.41, 5.74) is -0.347. The van der Waals surface area contributed by atoms with Crippen LogP contribution in [0.1, 0.15) is 46.0 Å². The van der Waals surface area contributed by atoms with Gasteiger partial charge in [0.2, 0.25) is 0 Å². The predicted octanol–water partition coefficient (Wildman–Crippen LogP) is 1.18. The molecule has 1 saturated heterocycles. The van der Waals surface area contributed by atoms with E-state index in [0.29, 0.717) is 13.1 Å². The lowest BCUT2D eigenvalue weighted by atomic mass is 9.96. The molecule has 0 radical (unpaired) electrons. The Labute approximate surface area is 117 Å². The molecule has 1 aliphatic heterocycles. The van der Waals surface area contributed by atoms with Gasteiger partial charge in [-0.25, -0.2) is 0 Å². The third kappa shape index (κ3) is 3.12. The summed E-state index contributed by atoms with van der Waals surface area (Å²) in [6.07, 6.45) is 5.54. The van der Waals surface area contributed by atoms with E-state index >= 15 is 0 Å². The minimum atomic E-state index is -3.34. The fraction of sp³-hybridized carbons (Fsp3) is 1.00. The molecular weight excluding hydrogens is 262 g/mol. The monoisotopic (exact) mass is 289 g/mol. The molecular formula is C13H27N3O2S. The third-order valence-corrected chi connectivity index (χ3v) is 6.72. The van der Waals surface area contributed by atoms with E-state index in [9.17, 15) is 8.42 Å². The Hall–Kier alpha value is -0.170. The predicted molar refractivity (Wildman–Crippen MR) is 77.2 cm³/mol. The van der Waals surface area contributed by atoms with Gasteiger partial charge in [-0.05, 0) is 26.7 Å². The highest BCUT2D eigenvalue weighted by Crippen LogP contribution is 2.28. The van der Waals surface area contributed by atoms with Crippen LogP contribution in [0, 0.1) is 0 Å². The summed E-state index contributed by atoms with van der Waals surface area (Å²) in [5.74, 6) is 0. The van der Waals surface area contributed by atoms with Gasteiger partial charge in [-0.15, -0.1) is 0 Å². The molecule has 0 amide bonds. The van der Waals surface area contributed by atoms with Crippen molar-refractivity contribution >= 4 is 10.2 Å². The number of hydrogen-bond acceptors (Lipinski definition) is 3. The molecule has 1 aliphatic carbocycles. The lowest BCUT2D eigenvalue weighted by Gasteiger charge is -2.44. The number of hydrogen-bond donors (Lipinski definition) is 1. The Morgan fingerprint density at radius 3 is 2.42 bits per heavy atom. The molecule has 1 saturated carbocycles. The summed E-state index contributed by atoms with van der Waals surface area (Å²) in [4.78, 5) is 0. The molecule has 0 aromatic heterocycles. The molecule has 2 fully saturated rings. The minimum Gasteiger partial charge on any atom is -0.314 e. The molecule has 2 aliphatic rings. The van der Waals surface area contributed by atoms with Gasteiger partial charge >= 0.3 is 0 Å². The maximum Gasteiger partial charge on any atom is 0.282 e. The van der Waals surface area contributed by atoms with Crippen molar-refractivity contribution in [1.82, 2.24) is 13.9 Å². The zero-order chi connectivity index (χ0) is 14.1. The van der Waals surface area contributed by atoms with Gasteiger partial charge in [0.15, 0.2) is 0 Å². The molecule has 0 atom stereocenters. The van der Waals surface area contributed by atoms with Gasteiger partial charge < -0.3 is 5.32 Å². The smallest absolute Gasteiger partial charge is 0.282 e. The standard InChI is InChI=1S/C13H27N3O2S/c1-13(2)11-14-9-10-16(13)19(17,18)15(3)12-7-5-4-6-8-12/h12,14H,4-11H2,1-3H3. The van der Waals surface area contributed by atoms with Crippen molar-refractivity contribution < 1.29 is 8.42 Å². The number of nitrogens with one attached hydrogen (secondary N) is 1. The van der Waals surface area contributed by atoms with Gasteiger partial charge in [-0.1, -0.05) is 19.3 Å². The largest absolute Gasteiger partial charge is 0.314 e. The van der Waals surface area contributed by atoms with Crippen molar-refractivity contribution in [2.45, 2.75) is 57.5 Å². The van der Waals surface area contributed by atoms with Crippen LogP contribution in [0.25, 0.3) is 0 Å². The van der Waals surface area contributed by atoms with Gasteiger partial charge in [0.25, 0.3) is 10.2 Å². The number of rotatable bonds is 3. The first kappa shape index (κ1) is 15.2. The lowest BCUT2D eigenvalue weighted by molar-refractivity contribution is 0.165. The summed E-state index contributed by atoms with van der Waals surface area (Å²) in [5, 5.41) is 3.27. The van der Waals surface area contributed by atoms with Crippen LogP contribution < -0.4 is 5.32 Å². The van der Waals surface area contributed by atoms with E-state index in [0.717, 1.165) is 32.2 Å². The van der Waals surface area contributed by atoms with E-state index < -0.39 is 10.2 Å². The lowest BCUT2D eigenvalue weighted by Crippen LogP contribution is -2.63. The first-order valence-corrected chi connectivity index (χ1v) is 8.72. The SMILES string of the molecule is CN(C1CCCCC1)S(=O)(=O)N1CCNCC1(C)C. The van der Waals surface area contributed by atoms with Gasteiger partial charge in [0.1, 0.15) is 0 Å². The first-order chi connectivity index (χ1) is 8.86. The van der Waals surface area contributed by atoms with E-state index in [2.05, 4.69) is 5.32 Å². The average Bonchev–Trinajstić information content (AvgIpc) is 2.38. The summed E-state index contributed by atoms with van der Waals surface area (Å²) in [7, 11) is -1.59. The van der Waals surface area contributed by atoms with Gasteiger partial charge in [-0.2, -0.15) is 17.0 Å². The average molecular weight is 289 g/mol. The Morgan fingerprint density at radius 1 is 1.21 bits per heavy atom. The summed E-state index contributed by atoms with van der Waals surface area (Å²) >= 11 is 0. The van der Waals surface area contributed by atoms with E-state index in [1.54, 1.807) is 15.7 Å². The molecule has 1 heterocycles. The highest BCUT2D eigenvalue weighted by atomic mass is 32.2. The van der Waals surface area contributed by atoms with Crippen molar-refractivity contribution in [1.29, 1.82) is 0 Å². The molecule has 0 aromatic rings. The Morgan fingerprint density at radius 2 is 1.84 bits per heavy atom. The van der Waals surface area contributed by atoms with Crippen LogP contribution in [0.5, 0.6) is 0 Å². The Bertz CT molecular complexity index is 402. The van der Waals surface area contributed by atoms with E-state index in [1.807, 2.05) is 13.8 Å². The van der Waals surface area contributed by atoms with E-state index in [1.165, 1.54) is 6.42 Å². The quantitative estimate of drug-likeness (QED) is 0.849. The van der Waals surface area contributed by atoms with Crippen LogP contribution in [-0.4, -0.2) is 55.3 Å². The first-order valence-electron chi connectivity index (χ1n) is 7.32. The fourth-order valence-corrected chi connectivity index (χ4v) is 5.09. The van der Waals surface area contributed by atoms with Crippen LogP contribution in [0.15, 0.2) is 0 Å². The molecule has 5 nitrogen and oxygen atoms in total. The zero-order valence-corrected chi connectivity index (χ0v) is 13.2. The second-order valence-corrected chi connectivity index (χ2v) is 8.29. The number of piperazine rings is 1. The molecule has 19 heavy (non-hydrogen) atoms. The topological polar surface area (TPSA) is 52.7 Å². The van der Waals surface area contributed by atoms with Crippen LogP contribution in [0.2, 0.25) is 0 Å². The molecule has 112 valence electrons. The summed E-state index contributed by atoms with van der Waals surface area (Å²) < 4.78 is 28.9. The summed E-state index contributed by atoms with van der Waals surface area (Å²) in [6.45, 7) is 6.00. The minimum absolute atomic E-state index is 0.185. The second kappa shape index (κ2) is 5.68. The highest BCUT2D eigenvalue weighted by Gasteiger charge is 2.42. The maximum atomic E-state index is 12.8. The summed E-state index contributed by atoms with van der Waals surface area (Å²) in [6, 6.07) is 0.185. The molecule has 0 bridgehead atoms. The molecule has 2 rings (SSSR count). The van der Waals surface area contributed by atoms with Crippen molar-refractivity contribution in [3.05, 3.63) is 0 Å². The molecule has 0 spiro atoms. The highest BCUT2D eigenvalue weighted by molar-refractivity contribution is 7.86. The van der Waals surface area contributed by atoms with Crippen molar-refractivity contribution in [2.75, 3.05) is 26.7 Å². The second-order valence-electron chi connectivity index (χ2n) is 6.38. The van der Waals surface area contributed by atoms with Gasteiger partial charge in [-0.3, -0.25) is 0 Å². The Balaban J connectivity index is 2.15. The van der Waals surface area contributed by atoms with E-state index in [-0.39, 0.29) is 11.6 Å². The van der Waals surface area contributed by atoms with Crippen LogP contribution in [0.4, 0.5) is 0 Å². The van der Waals surface area contributed by atoms with Crippen molar-refractivity contribution in [3.8, 4) is 0 Å². The van der Waals surface area contributed by atoms with Crippen LogP contribution >= 0.6 is 0 Å². The Kier molecular flexibility index (Phi) is 4.55. The zero-order valence-electron chi connectivity index (χ0n) is 12.4. The van der Waals surface area contributed by atoms with Crippen molar-refractivity contribution in [2.24, 2.45) is 0 Å². The molecule has 0 unspecified atom stereocenters. The normalized spacial score (nSPS) is 26.7. The van der Waals surface area contributed by atoms with Crippen LogP contribution in [0.3, 0.4) is 0 Å². The molecule has 6 heteroatoms. The molecule has 0 aromatic carbocycles. The van der Waals surface area contributed by atoms with Gasteiger partial charge in [0, 0.05) is 38.3 Å². The van der Waals surface area contributed by atoms with E-state index in [4.69, 9.17) is 0 Å². The third-order valence-electron chi connectivity index (χ3n) is 4.46. The van der Waals surface area contributed by atoms with Gasteiger partial charge in [0.05, 0.1) is 0 Å².